The number of rotatable bonds is 7. The lowest BCUT2D eigenvalue weighted by Crippen LogP contribution is -2.16. The minimum atomic E-state index is -0.182. The van der Waals surface area contributed by atoms with E-state index in [9.17, 15) is 0 Å². The molecule has 0 aromatic heterocycles. The Morgan fingerprint density at radius 1 is 0.444 bits per heavy atom. The normalized spacial score (nSPS) is 15.4. The lowest BCUT2D eigenvalue weighted by atomic mass is 9.81. The first-order valence-corrected chi connectivity index (χ1v) is 22.1. The monoisotopic (exact) mass is 807 g/mol. The third kappa shape index (κ3) is 6.24. The number of ether oxygens (including phenoxy) is 1. The van der Waals surface area contributed by atoms with Gasteiger partial charge in [0.15, 0.2) is 0 Å². The fourth-order valence-corrected chi connectivity index (χ4v) is 10.4. The lowest BCUT2D eigenvalue weighted by Gasteiger charge is -2.28. The Morgan fingerprint density at radius 3 is 1.86 bits per heavy atom. The lowest BCUT2D eigenvalue weighted by molar-refractivity contribution is 0.426. The highest BCUT2D eigenvalue weighted by atomic mass is 16.5. The summed E-state index contributed by atoms with van der Waals surface area (Å²) in [7, 11) is 0. The number of nitrogens with zero attached hydrogens (tertiary/aromatic N) is 1. The number of hydrogen-bond acceptors (Lipinski definition) is 2. The van der Waals surface area contributed by atoms with Gasteiger partial charge in [-0.05, 0) is 139 Å². The van der Waals surface area contributed by atoms with E-state index in [1.165, 1.54) is 83.1 Å². The molecule has 12 rings (SSSR count). The molecule has 1 atom stereocenters. The molecule has 2 heteroatoms. The van der Waals surface area contributed by atoms with Crippen molar-refractivity contribution < 1.29 is 4.74 Å². The summed E-state index contributed by atoms with van der Waals surface area (Å²) in [6.45, 7) is 4.76. The molecule has 2 aliphatic carbocycles. The van der Waals surface area contributed by atoms with Gasteiger partial charge >= 0.3 is 0 Å². The molecule has 0 bridgehead atoms. The van der Waals surface area contributed by atoms with Gasteiger partial charge in [-0.15, -0.1) is 0 Å². The van der Waals surface area contributed by atoms with Gasteiger partial charge in [0.1, 0.15) is 11.5 Å². The topological polar surface area (TPSA) is 12.5 Å². The molecule has 0 saturated carbocycles. The van der Waals surface area contributed by atoms with Gasteiger partial charge in [-0.3, -0.25) is 0 Å². The molecule has 0 fully saturated rings. The molecule has 1 heterocycles. The number of hydrogen-bond donors (Lipinski definition) is 0. The van der Waals surface area contributed by atoms with Gasteiger partial charge in [-0.1, -0.05) is 178 Å². The van der Waals surface area contributed by atoms with E-state index in [-0.39, 0.29) is 11.3 Å². The van der Waals surface area contributed by atoms with E-state index in [2.05, 4.69) is 237 Å². The molecule has 3 aliphatic rings. The Bertz CT molecular complexity index is 3290. The van der Waals surface area contributed by atoms with Gasteiger partial charge in [0.2, 0.25) is 0 Å². The van der Waals surface area contributed by atoms with Crippen LogP contribution in [0.2, 0.25) is 0 Å². The number of anilines is 3. The van der Waals surface area contributed by atoms with Gasteiger partial charge in [-0.25, -0.2) is 0 Å². The van der Waals surface area contributed by atoms with E-state index < -0.39 is 0 Å². The Morgan fingerprint density at radius 2 is 1.05 bits per heavy atom. The van der Waals surface area contributed by atoms with Crippen LogP contribution in [0.3, 0.4) is 0 Å². The molecule has 0 radical (unpaired) electrons. The number of benzene rings is 9. The first kappa shape index (κ1) is 37.1. The molecule has 0 spiro atoms. The van der Waals surface area contributed by atoms with Crippen molar-refractivity contribution in [1.82, 2.24) is 0 Å². The largest absolute Gasteiger partial charge is 0.461 e. The van der Waals surface area contributed by atoms with E-state index >= 15 is 0 Å². The van der Waals surface area contributed by atoms with Crippen LogP contribution in [0.4, 0.5) is 17.1 Å². The van der Waals surface area contributed by atoms with Crippen LogP contribution < -0.4 is 9.64 Å². The highest BCUT2D eigenvalue weighted by molar-refractivity contribution is 6.00. The zero-order valence-corrected chi connectivity index (χ0v) is 35.4. The van der Waals surface area contributed by atoms with Crippen LogP contribution in [0.1, 0.15) is 48.4 Å². The first-order chi connectivity index (χ1) is 31.0. The van der Waals surface area contributed by atoms with Crippen LogP contribution in [0, 0.1) is 0 Å². The predicted molar refractivity (Wildman–Crippen MR) is 263 cm³/mol. The van der Waals surface area contributed by atoms with Crippen molar-refractivity contribution in [3.8, 4) is 50.3 Å². The smallest absolute Gasteiger partial charge is 0.130 e. The molecule has 2 nitrogen and oxygen atoms in total. The fourth-order valence-electron chi connectivity index (χ4n) is 10.4. The van der Waals surface area contributed by atoms with Crippen LogP contribution in [0.25, 0.3) is 60.9 Å². The zero-order valence-electron chi connectivity index (χ0n) is 35.4. The van der Waals surface area contributed by atoms with E-state index in [1.807, 2.05) is 0 Å². The second-order valence-corrected chi connectivity index (χ2v) is 17.6. The number of fused-ring (bicyclic) bond motifs is 7. The van der Waals surface area contributed by atoms with Gasteiger partial charge in [-0.2, -0.15) is 0 Å². The summed E-state index contributed by atoms with van der Waals surface area (Å²) >= 11 is 0. The SMILES string of the molecule is CC1(C)c2cc(-c3ccccc3)ccc2-c2ccc(N(c3ccc(C4=CC=C5Oc6ccccc6C5C4)cc3)c3ccc(-c4ccccc4-c4cccc5ccccc45)cc3)cc21. The maximum atomic E-state index is 6.23. The third-order valence-electron chi connectivity index (χ3n) is 13.7. The van der Waals surface area contributed by atoms with Gasteiger partial charge in [0.05, 0.1) is 0 Å². The quantitative estimate of drug-likeness (QED) is 0.159. The van der Waals surface area contributed by atoms with Crippen molar-refractivity contribution in [3.05, 3.63) is 246 Å². The van der Waals surface area contributed by atoms with Crippen LogP contribution in [-0.4, -0.2) is 0 Å². The summed E-state index contributed by atoms with van der Waals surface area (Å²) in [5, 5.41) is 2.51. The van der Waals surface area contributed by atoms with E-state index in [4.69, 9.17) is 4.74 Å². The second-order valence-electron chi connectivity index (χ2n) is 17.6. The molecular formula is C61H45NO. The Hall–Kier alpha value is -7.68. The summed E-state index contributed by atoms with van der Waals surface area (Å²) in [5.41, 5.74) is 19.7. The van der Waals surface area contributed by atoms with E-state index in [1.54, 1.807) is 0 Å². The van der Waals surface area contributed by atoms with E-state index in [0.717, 1.165) is 35.0 Å². The van der Waals surface area contributed by atoms with Crippen molar-refractivity contribution in [2.75, 3.05) is 4.90 Å². The predicted octanol–water partition coefficient (Wildman–Crippen LogP) is 16.5. The highest BCUT2D eigenvalue weighted by Gasteiger charge is 2.37. The van der Waals surface area contributed by atoms with Crippen molar-refractivity contribution in [1.29, 1.82) is 0 Å². The second kappa shape index (κ2) is 14.8. The summed E-state index contributed by atoms with van der Waals surface area (Å²) in [5.74, 6) is 2.28. The summed E-state index contributed by atoms with van der Waals surface area (Å²) in [4.78, 5) is 2.42. The van der Waals surface area contributed by atoms with Crippen molar-refractivity contribution in [2.45, 2.75) is 31.6 Å². The minimum absolute atomic E-state index is 0.182. The van der Waals surface area contributed by atoms with Crippen LogP contribution >= 0.6 is 0 Å². The molecule has 63 heavy (non-hydrogen) atoms. The van der Waals surface area contributed by atoms with Crippen molar-refractivity contribution in [3.63, 3.8) is 0 Å². The highest BCUT2D eigenvalue weighted by Crippen LogP contribution is 2.52. The van der Waals surface area contributed by atoms with E-state index in [0.29, 0.717) is 0 Å². The number of para-hydroxylation sites is 1. The zero-order chi connectivity index (χ0) is 42.1. The molecule has 0 N–H and O–H groups in total. The molecule has 1 unspecified atom stereocenters. The Kier molecular flexibility index (Phi) is 8.69. The van der Waals surface area contributed by atoms with Gasteiger partial charge in [0, 0.05) is 34.0 Å². The molecule has 9 aromatic rings. The standard InChI is InChI=1S/C61H45NO/c1-61(2)57-38-45(40-13-4-3-5-14-40)27-34-53(57)54-35-33-48(39-58(54)61)62(46-29-23-41(24-30-46)44-28-36-60-56(37-44)55-20-10-11-22-59(55)63-60)47-31-25-43(26-32-47)50-18-8-9-19-51(50)52-21-12-16-42-15-6-7-17-49(42)52/h3-36,38-39,56H,37H2,1-2H3. The van der Waals surface area contributed by atoms with Gasteiger partial charge < -0.3 is 9.64 Å². The third-order valence-corrected chi connectivity index (χ3v) is 13.7. The number of allylic oxidation sites excluding steroid dienone is 4. The molecule has 1 aliphatic heterocycles. The molecule has 0 saturated heterocycles. The maximum Gasteiger partial charge on any atom is 0.130 e. The van der Waals surface area contributed by atoms with Crippen molar-refractivity contribution >= 4 is 33.4 Å². The van der Waals surface area contributed by atoms with Crippen molar-refractivity contribution in [2.24, 2.45) is 0 Å². The van der Waals surface area contributed by atoms with Crippen LogP contribution in [0.5, 0.6) is 5.75 Å². The first-order valence-electron chi connectivity index (χ1n) is 22.1. The fraction of sp³-hybridized carbons (Fsp3) is 0.0820. The van der Waals surface area contributed by atoms with Crippen LogP contribution in [0.15, 0.2) is 224 Å². The average Bonchev–Trinajstić information content (AvgIpc) is 3.83. The minimum Gasteiger partial charge on any atom is -0.461 e. The Labute approximate surface area is 369 Å². The van der Waals surface area contributed by atoms with Gasteiger partial charge in [0.25, 0.3) is 0 Å². The van der Waals surface area contributed by atoms with Crippen LogP contribution in [-0.2, 0) is 5.41 Å². The molecule has 0 amide bonds. The Balaban J connectivity index is 0.934. The maximum absolute atomic E-state index is 6.23. The average molecular weight is 808 g/mol. The summed E-state index contributed by atoms with van der Waals surface area (Å²) in [6.07, 6.45) is 5.32. The molecule has 9 aromatic carbocycles. The molecular weight excluding hydrogens is 763 g/mol. The summed E-state index contributed by atoms with van der Waals surface area (Å²) in [6, 6.07) is 75.7. The summed E-state index contributed by atoms with van der Waals surface area (Å²) < 4.78 is 6.23. The molecule has 300 valence electrons.